The maximum Gasteiger partial charge on any atom is 0.325 e. The Hall–Kier alpha value is -1.08. The minimum absolute atomic E-state index is 0. The van der Waals surface area contributed by atoms with E-state index in [1.165, 1.54) is 12.1 Å². The Morgan fingerprint density at radius 2 is 1.90 bits per heavy atom. The number of carbonyl (C=O) groups excluding carboxylic acids is 1. The first-order valence-corrected chi connectivity index (χ1v) is 7.67. The number of ether oxygens (including phenoxy) is 1. The zero-order chi connectivity index (χ0) is 14.0. The molecule has 0 bridgehead atoms. The first kappa shape index (κ1) is 17.0. The summed E-state index contributed by atoms with van der Waals surface area (Å²) in [4.78, 5) is 11.6. The van der Waals surface area contributed by atoms with Gasteiger partial charge in [-0.2, -0.15) is 13.5 Å². The fourth-order valence-corrected chi connectivity index (χ4v) is 4.16. The SMILES string of the molecule is CCC[C@H]1COC(=O)C1S(=O)(=O)c1ccc(F)cc1.S. The maximum absolute atomic E-state index is 12.8. The zero-order valence-electron chi connectivity index (χ0n) is 11.0. The zero-order valence-corrected chi connectivity index (χ0v) is 12.8. The van der Waals surface area contributed by atoms with Crippen LogP contribution in [-0.4, -0.2) is 26.2 Å². The van der Waals surface area contributed by atoms with Crippen molar-refractivity contribution in [3.63, 3.8) is 0 Å². The van der Waals surface area contributed by atoms with Gasteiger partial charge in [-0.3, -0.25) is 4.79 Å². The van der Waals surface area contributed by atoms with Gasteiger partial charge in [-0.15, -0.1) is 0 Å². The lowest BCUT2D eigenvalue weighted by Gasteiger charge is -2.15. The molecule has 1 aromatic carbocycles. The number of esters is 1. The smallest absolute Gasteiger partial charge is 0.325 e. The highest BCUT2D eigenvalue weighted by atomic mass is 32.2. The average Bonchev–Trinajstić information content (AvgIpc) is 2.72. The van der Waals surface area contributed by atoms with Crippen molar-refractivity contribution in [2.45, 2.75) is 29.9 Å². The number of hydrogen-bond donors (Lipinski definition) is 0. The number of sulfone groups is 1. The van der Waals surface area contributed by atoms with Crippen LogP contribution in [0.5, 0.6) is 0 Å². The van der Waals surface area contributed by atoms with E-state index in [0.29, 0.717) is 6.42 Å². The summed E-state index contributed by atoms with van der Waals surface area (Å²) < 4.78 is 42.5. The van der Waals surface area contributed by atoms with Gasteiger partial charge >= 0.3 is 5.97 Å². The standard InChI is InChI=1S/C13H15FO4S.H2S/c1-2-3-9-8-18-13(15)12(9)19(16,17)11-6-4-10(14)5-7-11;/h4-7,9,12H,2-3,8H2,1H3;1H2/t9-,12?;/m0./s1. The Kier molecular flexibility index (Phi) is 5.59. The molecule has 112 valence electrons. The van der Waals surface area contributed by atoms with Gasteiger partial charge in [0.2, 0.25) is 0 Å². The summed E-state index contributed by atoms with van der Waals surface area (Å²) in [7, 11) is -3.82. The predicted octanol–water partition coefficient (Wildman–Crippen LogP) is 2.05. The summed E-state index contributed by atoms with van der Waals surface area (Å²) in [5.74, 6) is -1.55. The van der Waals surface area contributed by atoms with E-state index in [-0.39, 0.29) is 30.9 Å². The Morgan fingerprint density at radius 1 is 1.30 bits per heavy atom. The molecule has 20 heavy (non-hydrogen) atoms. The summed E-state index contributed by atoms with van der Waals surface area (Å²) in [5.41, 5.74) is 0. The highest BCUT2D eigenvalue weighted by Gasteiger charge is 2.46. The summed E-state index contributed by atoms with van der Waals surface area (Å²) in [5, 5.41) is -1.17. The molecule has 7 heteroatoms. The Bertz CT molecular complexity index is 569. The third kappa shape index (κ3) is 3.15. The number of hydrogen-bond acceptors (Lipinski definition) is 4. The highest BCUT2D eigenvalue weighted by molar-refractivity contribution is 7.92. The van der Waals surface area contributed by atoms with E-state index in [1.54, 1.807) is 0 Å². The second-order valence-electron chi connectivity index (χ2n) is 4.60. The van der Waals surface area contributed by atoms with Crippen molar-refractivity contribution in [3.8, 4) is 0 Å². The number of carbonyl (C=O) groups is 1. The molecule has 2 rings (SSSR count). The van der Waals surface area contributed by atoms with E-state index in [2.05, 4.69) is 0 Å². The van der Waals surface area contributed by atoms with Gasteiger partial charge in [-0.05, 0) is 30.7 Å². The van der Waals surface area contributed by atoms with Gasteiger partial charge in [-0.1, -0.05) is 13.3 Å². The molecule has 1 fully saturated rings. The second kappa shape index (κ2) is 6.58. The molecule has 0 amide bonds. The summed E-state index contributed by atoms with van der Waals surface area (Å²) >= 11 is 0. The molecule has 1 heterocycles. The monoisotopic (exact) mass is 320 g/mol. The molecule has 1 saturated heterocycles. The summed E-state index contributed by atoms with van der Waals surface area (Å²) in [6.45, 7) is 2.06. The first-order valence-electron chi connectivity index (χ1n) is 6.13. The van der Waals surface area contributed by atoms with E-state index >= 15 is 0 Å². The van der Waals surface area contributed by atoms with Gasteiger partial charge in [-0.25, -0.2) is 12.8 Å². The molecule has 1 aliphatic rings. The molecule has 0 N–H and O–H groups in total. The van der Waals surface area contributed by atoms with Crippen LogP contribution in [0.25, 0.3) is 0 Å². The quantitative estimate of drug-likeness (QED) is 0.629. The third-order valence-electron chi connectivity index (χ3n) is 3.24. The van der Waals surface area contributed by atoms with E-state index < -0.39 is 26.9 Å². The molecule has 0 spiro atoms. The van der Waals surface area contributed by atoms with Crippen molar-refractivity contribution in [3.05, 3.63) is 30.1 Å². The molecular formula is C13H17FO4S2. The molecule has 0 radical (unpaired) electrons. The molecule has 1 unspecified atom stereocenters. The third-order valence-corrected chi connectivity index (χ3v) is 5.41. The van der Waals surface area contributed by atoms with Crippen LogP contribution in [0, 0.1) is 11.7 Å². The van der Waals surface area contributed by atoms with Crippen molar-refractivity contribution >= 4 is 29.3 Å². The van der Waals surface area contributed by atoms with Gasteiger partial charge in [0.25, 0.3) is 0 Å². The molecule has 0 saturated carbocycles. The topological polar surface area (TPSA) is 60.4 Å². The fraction of sp³-hybridized carbons (Fsp3) is 0.462. The van der Waals surface area contributed by atoms with Crippen LogP contribution < -0.4 is 0 Å². The Labute approximate surface area is 124 Å². The van der Waals surface area contributed by atoms with Crippen LogP contribution in [0.3, 0.4) is 0 Å². The Morgan fingerprint density at radius 3 is 2.45 bits per heavy atom. The average molecular weight is 320 g/mol. The van der Waals surface area contributed by atoms with Crippen molar-refractivity contribution in [2.24, 2.45) is 5.92 Å². The molecule has 2 atom stereocenters. The number of rotatable bonds is 4. The number of cyclic esters (lactones) is 1. The van der Waals surface area contributed by atoms with Crippen LogP contribution in [0.4, 0.5) is 4.39 Å². The predicted molar refractivity (Wildman–Crippen MR) is 77.1 cm³/mol. The minimum atomic E-state index is -3.82. The molecule has 1 aliphatic heterocycles. The molecule has 0 aliphatic carbocycles. The van der Waals surface area contributed by atoms with Gasteiger partial charge < -0.3 is 4.74 Å². The van der Waals surface area contributed by atoms with Gasteiger partial charge in [0.1, 0.15) is 5.82 Å². The van der Waals surface area contributed by atoms with E-state index in [4.69, 9.17) is 4.74 Å². The van der Waals surface area contributed by atoms with Crippen LogP contribution in [0.15, 0.2) is 29.2 Å². The van der Waals surface area contributed by atoms with Crippen molar-refractivity contribution < 1.29 is 22.3 Å². The lowest BCUT2D eigenvalue weighted by atomic mass is 10.0. The summed E-state index contributed by atoms with van der Waals surface area (Å²) in [6.07, 6.45) is 1.38. The largest absolute Gasteiger partial charge is 0.464 e. The van der Waals surface area contributed by atoms with Gasteiger partial charge in [0, 0.05) is 5.92 Å². The van der Waals surface area contributed by atoms with Crippen LogP contribution in [0.2, 0.25) is 0 Å². The lowest BCUT2D eigenvalue weighted by Crippen LogP contribution is -2.32. The lowest BCUT2D eigenvalue weighted by molar-refractivity contribution is -0.137. The van der Waals surface area contributed by atoms with E-state index in [1.807, 2.05) is 6.92 Å². The normalized spacial score (nSPS) is 22.2. The number of benzene rings is 1. The Balaban J connectivity index is 0.00000200. The van der Waals surface area contributed by atoms with E-state index in [0.717, 1.165) is 18.6 Å². The van der Waals surface area contributed by atoms with Gasteiger partial charge in [0.15, 0.2) is 15.1 Å². The minimum Gasteiger partial charge on any atom is -0.464 e. The van der Waals surface area contributed by atoms with E-state index in [9.17, 15) is 17.6 Å². The van der Waals surface area contributed by atoms with Crippen LogP contribution in [-0.2, 0) is 19.4 Å². The highest BCUT2D eigenvalue weighted by Crippen LogP contribution is 2.30. The number of halogens is 1. The summed E-state index contributed by atoms with van der Waals surface area (Å²) in [6, 6.07) is 4.50. The second-order valence-corrected chi connectivity index (χ2v) is 6.67. The molecular weight excluding hydrogens is 303 g/mol. The van der Waals surface area contributed by atoms with Crippen molar-refractivity contribution in [1.29, 1.82) is 0 Å². The molecule has 1 aromatic rings. The fourth-order valence-electron chi connectivity index (χ4n) is 2.31. The first-order chi connectivity index (χ1) is 8.96. The maximum atomic E-state index is 12.8. The van der Waals surface area contributed by atoms with Crippen LogP contribution >= 0.6 is 13.5 Å². The van der Waals surface area contributed by atoms with Crippen LogP contribution in [0.1, 0.15) is 19.8 Å². The molecule has 0 aromatic heterocycles. The molecule has 4 nitrogen and oxygen atoms in total. The van der Waals surface area contributed by atoms with Crippen molar-refractivity contribution in [2.75, 3.05) is 6.61 Å². The van der Waals surface area contributed by atoms with Gasteiger partial charge in [0.05, 0.1) is 11.5 Å². The van der Waals surface area contributed by atoms with Crippen molar-refractivity contribution in [1.82, 2.24) is 0 Å².